The van der Waals surface area contributed by atoms with E-state index in [4.69, 9.17) is 18.9 Å². The number of hydrogen-bond acceptors (Lipinski definition) is 6. The lowest BCUT2D eigenvalue weighted by molar-refractivity contribution is -0.129. The number of carbonyl (C=O) groups is 1. The number of para-hydroxylation sites is 1. The van der Waals surface area contributed by atoms with Gasteiger partial charge in [0.2, 0.25) is 5.90 Å². The molecule has 3 aromatic rings. The molecule has 3 aromatic carbocycles. The molecule has 4 rings (SSSR count). The quantitative estimate of drug-likeness (QED) is 0.206. The molecular weight excluding hydrogens is 442 g/mol. The molecule has 0 amide bonds. The summed E-state index contributed by atoms with van der Waals surface area (Å²) in [6, 6.07) is 22.9. The summed E-state index contributed by atoms with van der Waals surface area (Å²) in [4.78, 5) is 16.6. The number of hydrogen-bond donors (Lipinski definition) is 0. The number of esters is 1. The first-order valence-corrected chi connectivity index (χ1v) is 11.7. The van der Waals surface area contributed by atoms with Gasteiger partial charge < -0.3 is 18.9 Å². The van der Waals surface area contributed by atoms with Crippen LogP contribution >= 0.6 is 0 Å². The Kier molecular flexibility index (Phi) is 7.83. The van der Waals surface area contributed by atoms with E-state index < -0.39 is 5.97 Å². The Hall–Kier alpha value is -4.06. The van der Waals surface area contributed by atoms with Gasteiger partial charge in [-0.2, -0.15) is 0 Å². The second-order valence-electron chi connectivity index (χ2n) is 8.16. The zero-order chi connectivity index (χ0) is 24.6. The third-order valence-corrected chi connectivity index (χ3v) is 5.79. The fourth-order valence-electron chi connectivity index (χ4n) is 3.71. The summed E-state index contributed by atoms with van der Waals surface area (Å²) in [7, 11) is 1.58. The predicted molar refractivity (Wildman–Crippen MR) is 136 cm³/mol. The highest BCUT2D eigenvalue weighted by Gasteiger charge is 2.24. The summed E-state index contributed by atoms with van der Waals surface area (Å²) in [5, 5.41) is 0. The Morgan fingerprint density at radius 3 is 2.37 bits per heavy atom. The molecule has 35 heavy (non-hydrogen) atoms. The van der Waals surface area contributed by atoms with Crippen LogP contribution in [0.3, 0.4) is 0 Å². The molecule has 1 unspecified atom stereocenters. The van der Waals surface area contributed by atoms with Crippen LogP contribution in [0.1, 0.15) is 42.9 Å². The molecule has 0 aliphatic carbocycles. The van der Waals surface area contributed by atoms with Gasteiger partial charge in [-0.05, 0) is 59.9 Å². The summed E-state index contributed by atoms with van der Waals surface area (Å²) >= 11 is 0. The fraction of sp³-hybridized carbons (Fsp3) is 0.241. The van der Waals surface area contributed by atoms with E-state index in [1.165, 1.54) is 5.56 Å². The molecule has 0 saturated heterocycles. The highest BCUT2D eigenvalue weighted by Crippen LogP contribution is 2.31. The van der Waals surface area contributed by atoms with Gasteiger partial charge in [-0.3, -0.25) is 0 Å². The molecule has 0 aromatic heterocycles. The number of aliphatic imine (C=N–C) groups is 1. The minimum Gasteiger partial charge on any atom is -0.493 e. The standard InChI is InChI=1S/C29H29NO5/c1-4-20(2)23-12-8-9-13-25(23)33-16-17-34-26-15-14-21(19-27(26)32-3)18-24-29(31)35-28(30-24)22-10-6-5-7-11-22/h5-15,18-20H,4,16-17H2,1-3H3/b24-18-. The van der Waals surface area contributed by atoms with Crippen LogP contribution < -0.4 is 14.2 Å². The van der Waals surface area contributed by atoms with Crippen molar-refractivity contribution >= 4 is 17.9 Å². The number of cyclic esters (lactones) is 1. The topological polar surface area (TPSA) is 66.3 Å². The van der Waals surface area contributed by atoms with Gasteiger partial charge in [0.25, 0.3) is 0 Å². The monoisotopic (exact) mass is 471 g/mol. The first-order valence-electron chi connectivity index (χ1n) is 11.7. The Labute approximate surface area is 205 Å². The molecular formula is C29H29NO5. The van der Waals surface area contributed by atoms with E-state index in [0.29, 0.717) is 36.5 Å². The Bertz CT molecular complexity index is 1230. The maximum Gasteiger partial charge on any atom is 0.363 e. The van der Waals surface area contributed by atoms with E-state index in [9.17, 15) is 4.79 Å². The van der Waals surface area contributed by atoms with Gasteiger partial charge in [0.15, 0.2) is 17.2 Å². The van der Waals surface area contributed by atoms with Crippen molar-refractivity contribution in [2.75, 3.05) is 20.3 Å². The van der Waals surface area contributed by atoms with Gasteiger partial charge in [0.1, 0.15) is 19.0 Å². The summed E-state index contributed by atoms with van der Waals surface area (Å²) in [5.41, 5.74) is 2.93. The molecule has 0 spiro atoms. The molecule has 1 atom stereocenters. The minimum atomic E-state index is -0.488. The van der Waals surface area contributed by atoms with Crippen LogP contribution in [0.2, 0.25) is 0 Å². The van der Waals surface area contributed by atoms with E-state index in [1.807, 2.05) is 54.6 Å². The SMILES string of the molecule is CCC(C)c1ccccc1OCCOc1ccc(/C=C2\N=C(c3ccccc3)OC2=O)cc1OC. The molecule has 180 valence electrons. The van der Waals surface area contributed by atoms with E-state index in [0.717, 1.165) is 23.3 Å². The van der Waals surface area contributed by atoms with Gasteiger partial charge in [-0.1, -0.05) is 56.3 Å². The van der Waals surface area contributed by atoms with Crippen molar-refractivity contribution in [1.82, 2.24) is 0 Å². The van der Waals surface area contributed by atoms with E-state index in [1.54, 1.807) is 25.3 Å². The molecule has 6 heteroatoms. The van der Waals surface area contributed by atoms with Crippen molar-refractivity contribution in [2.24, 2.45) is 4.99 Å². The summed E-state index contributed by atoms with van der Waals surface area (Å²) < 4.78 is 22.7. The summed E-state index contributed by atoms with van der Waals surface area (Å²) in [6.07, 6.45) is 2.71. The second kappa shape index (κ2) is 11.4. The normalized spacial score (nSPS) is 14.9. The number of methoxy groups -OCH3 is 1. The van der Waals surface area contributed by atoms with Crippen molar-refractivity contribution in [1.29, 1.82) is 0 Å². The summed E-state index contributed by atoms with van der Waals surface area (Å²) in [5.74, 6) is 2.27. The van der Waals surface area contributed by atoms with Crippen LogP contribution in [0.5, 0.6) is 17.2 Å². The predicted octanol–water partition coefficient (Wildman–Crippen LogP) is 6.01. The molecule has 1 heterocycles. The molecule has 6 nitrogen and oxygen atoms in total. The summed E-state index contributed by atoms with van der Waals surface area (Å²) in [6.45, 7) is 5.13. The fourth-order valence-corrected chi connectivity index (χ4v) is 3.71. The lowest BCUT2D eigenvalue weighted by Gasteiger charge is -2.16. The zero-order valence-electron chi connectivity index (χ0n) is 20.2. The average molecular weight is 472 g/mol. The average Bonchev–Trinajstić information content (AvgIpc) is 3.27. The van der Waals surface area contributed by atoms with Gasteiger partial charge >= 0.3 is 5.97 Å². The number of carbonyl (C=O) groups excluding carboxylic acids is 1. The number of rotatable bonds is 10. The van der Waals surface area contributed by atoms with Crippen molar-refractivity contribution in [2.45, 2.75) is 26.2 Å². The van der Waals surface area contributed by atoms with Gasteiger partial charge in [-0.25, -0.2) is 9.79 Å². The van der Waals surface area contributed by atoms with Gasteiger partial charge in [0.05, 0.1) is 7.11 Å². The third kappa shape index (κ3) is 5.90. The van der Waals surface area contributed by atoms with Crippen molar-refractivity contribution in [3.63, 3.8) is 0 Å². The lowest BCUT2D eigenvalue weighted by Crippen LogP contribution is -2.11. The van der Waals surface area contributed by atoms with Crippen LogP contribution in [0.4, 0.5) is 0 Å². The number of nitrogens with zero attached hydrogens (tertiary/aromatic N) is 1. The first kappa shape index (κ1) is 24.1. The highest BCUT2D eigenvalue weighted by molar-refractivity contribution is 6.12. The maximum absolute atomic E-state index is 12.3. The van der Waals surface area contributed by atoms with Gasteiger partial charge in [-0.15, -0.1) is 0 Å². The van der Waals surface area contributed by atoms with Crippen molar-refractivity contribution in [3.8, 4) is 17.2 Å². The van der Waals surface area contributed by atoms with Crippen LogP contribution in [0, 0.1) is 0 Å². The second-order valence-corrected chi connectivity index (χ2v) is 8.16. The zero-order valence-corrected chi connectivity index (χ0v) is 20.2. The smallest absolute Gasteiger partial charge is 0.363 e. The Morgan fingerprint density at radius 1 is 0.914 bits per heavy atom. The van der Waals surface area contributed by atoms with Crippen LogP contribution in [0.15, 0.2) is 83.5 Å². The van der Waals surface area contributed by atoms with E-state index in [2.05, 4.69) is 24.9 Å². The minimum absolute atomic E-state index is 0.230. The first-order chi connectivity index (χ1) is 17.1. The van der Waals surface area contributed by atoms with Crippen LogP contribution in [0.25, 0.3) is 6.08 Å². The number of ether oxygens (including phenoxy) is 4. The lowest BCUT2D eigenvalue weighted by atomic mass is 9.98. The highest BCUT2D eigenvalue weighted by atomic mass is 16.6. The third-order valence-electron chi connectivity index (χ3n) is 5.79. The molecule has 0 fully saturated rings. The van der Waals surface area contributed by atoms with Gasteiger partial charge in [0, 0.05) is 5.56 Å². The largest absolute Gasteiger partial charge is 0.493 e. The van der Waals surface area contributed by atoms with E-state index >= 15 is 0 Å². The van der Waals surface area contributed by atoms with E-state index in [-0.39, 0.29) is 5.70 Å². The maximum atomic E-state index is 12.3. The van der Waals surface area contributed by atoms with Crippen molar-refractivity contribution in [3.05, 3.63) is 95.2 Å². The molecule has 0 saturated carbocycles. The van der Waals surface area contributed by atoms with Crippen LogP contribution in [-0.2, 0) is 9.53 Å². The molecule has 0 bridgehead atoms. The molecule has 1 aliphatic rings. The molecule has 1 aliphatic heterocycles. The van der Waals surface area contributed by atoms with Crippen LogP contribution in [-0.4, -0.2) is 32.2 Å². The Morgan fingerprint density at radius 2 is 1.63 bits per heavy atom. The number of benzene rings is 3. The molecule has 0 radical (unpaired) electrons. The molecule has 0 N–H and O–H groups in total. The van der Waals surface area contributed by atoms with Crippen molar-refractivity contribution < 1.29 is 23.7 Å². The Balaban J connectivity index is 1.40.